The first-order chi connectivity index (χ1) is 8.68. The van der Waals surface area contributed by atoms with Gasteiger partial charge in [0.05, 0.1) is 11.3 Å². The minimum absolute atomic E-state index is 0.0297. The molecule has 2 N–H and O–H groups in total. The molecule has 7 heteroatoms. The number of aromatic amines is 1. The molecule has 0 saturated heterocycles. The Labute approximate surface area is 103 Å². The number of hydrogen-bond acceptors (Lipinski definition) is 5. The van der Waals surface area contributed by atoms with E-state index >= 15 is 0 Å². The second-order valence-corrected chi connectivity index (χ2v) is 3.84. The van der Waals surface area contributed by atoms with Crippen LogP contribution in [0.1, 0.15) is 11.3 Å². The topological polar surface area (TPSA) is 96.7 Å². The number of hydrogen-bond donors (Lipinski definition) is 2. The Bertz CT molecular complexity index is 538. The first-order valence-electron chi connectivity index (χ1n) is 5.49. The van der Waals surface area contributed by atoms with Crippen LogP contribution in [0.5, 0.6) is 0 Å². The smallest absolute Gasteiger partial charge is 0.314 e. The van der Waals surface area contributed by atoms with Crippen molar-refractivity contribution in [3.05, 3.63) is 46.2 Å². The SMILES string of the molecule is Cc1ccnc(NCCc2cnc[nH]2)c1[N+](=O)[O-]. The molecule has 2 heterocycles. The van der Waals surface area contributed by atoms with Crippen molar-refractivity contribution in [2.24, 2.45) is 0 Å². The molecule has 0 radical (unpaired) electrons. The van der Waals surface area contributed by atoms with E-state index in [0.717, 1.165) is 5.69 Å². The summed E-state index contributed by atoms with van der Waals surface area (Å²) in [6.45, 7) is 2.25. The van der Waals surface area contributed by atoms with Gasteiger partial charge >= 0.3 is 5.69 Å². The zero-order valence-electron chi connectivity index (χ0n) is 9.88. The lowest BCUT2D eigenvalue weighted by atomic mass is 10.2. The quantitative estimate of drug-likeness (QED) is 0.618. The van der Waals surface area contributed by atoms with Gasteiger partial charge in [-0.15, -0.1) is 0 Å². The molecule has 7 nitrogen and oxygen atoms in total. The fourth-order valence-corrected chi connectivity index (χ4v) is 1.65. The van der Waals surface area contributed by atoms with Crippen LogP contribution in [0, 0.1) is 17.0 Å². The summed E-state index contributed by atoms with van der Waals surface area (Å²) in [6, 6.07) is 1.62. The first-order valence-corrected chi connectivity index (χ1v) is 5.49. The van der Waals surface area contributed by atoms with Crippen molar-refractivity contribution >= 4 is 11.5 Å². The van der Waals surface area contributed by atoms with E-state index in [9.17, 15) is 10.1 Å². The third-order valence-electron chi connectivity index (χ3n) is 2.55. The third-order valence-corrected chi connectivity index (χ3v) is 2.55. The fourth-order valence-electron chi connectivity index (χ4n) is 1.65. The van der Waals surface area contributed by atoms with Gasteiger partial charge < -0.3 is 10.3 Å². The number of pyridine rings is 1. The molecule has 0 atom stereocenters. The van der Waals surface area contributed by atoms with Crippen LogP contribution in [-0.2, 0) is 6.42 Å². The summed E-state index contributed by atoms with van der Waals surface area (Å²) in [5.41, 5.74) is 1.60. The van der Waals surface area contributed by atoms with E-state index in [0.29, 0.717) is 24.3 Å². The maximum atomic E-state index is 10.9. The van der Waals surface area contributed by atoms with Crippen LogP contribution in [0.25, 0.3) is 0 Å². The Balaban J connectivity index is 2.05. The number of nitro groups is 1. The van der Waals surface area contributed by atoms with E-state index in [1.165, 1.54) is 0 Å². The van der Waals surface area contributed by atoms with Crippen molar-refractivity contribution in [3.8, 4) is 0 Å². The molecule has 0 aliphatic carbocycles. The second-order valence-electron chi connectivity index (χ2n) is 3.84. The van der Waals surface area contributed by atoms with Gasteiger partial charge in [0.25, 0.3) is 0 Å². The van der Waals surface area contributed by atoms with Crippen molar-refractivity contribution in [3.63, 3.8) is 0 Å². The molecule has 0 fully saturated rings. The molecule has 0 aromatic carbocycles. The van der Waals surface area contributed by atoms with Crippen LogP contribution in [0.4, 0.5) is 11.5 Å². The van der Waals surface area contributed by atoms with Crippen LogP contribution in [0.3, 0.4) is 0 Å². The van der Waals surface area contributed by atoms with Crippen LogP contribution < -0.4 is 5.32 Å². The number of nitrogens with zero attached hydrogens (tertiary/aromatic N) is 3. The highest BCUT2D eigenvalue weighted by Gasteiger charge is 2.17. The highest BCUT2D eigenvalue weighted by molar-refractivity contribution is 5.59. The van der Waals surface area contributed by atoms with E-state index in [1.807, 2.05) is 0 Å². The van der Waals surface area contributed by atoms with Crippen LogP contribution >= 0.6 is 0 Å². The zero-order chi connectivity index (χ0) is 13.0. The van der Waals surface area contributed by atoms with Gasteiger partial charge in [-0.3, -0.25) is 10.1 Å². The highest BCUT2D eigenvalue weighted by Crippen LogP contribution is 2.25. The van der Waals surface area contributed by atoms with E-state index in [1.54, 1.807) is 31.7 Å². The second kappa shape index (κ2) is 5.26. The Morgan fingerprint density at radius 2 is 2.39 bits per heavy atom. The number of imidazole rings is 1. The van der Waals surface area contributed by atoms with E-state index < -0.39 is 4.92 Å². The molecule has 94 valence electrons. The molecular formula is C11H13N5O2. The molecule has 2 rings (SSSR count). The highest BCUT2D eigenvalue weighted by atomic mass is 16.6. The predicted molar refractivity (Wildman–Crippen MR) is 66.4 cm³/mol. The standard InChI is InChI=1S/C11H13N5O2/c1-8-2-4-13-11(10(8)16(17)18)14-5-3-9-6-12-7-15-9/h2,4,6-7H,3,5H2,1H3,(H,12,15)(H,13,14). The normalized spacial score (nSPS) is 10.3. The van der Waals surface area contributed by atoms with Crippen molar-refractivity contribution in [1.82, 2.24) is 15.0 Å². The van der Waals surface area contributed by atoms with Gasteiger partial charge in [0.15, 0.2) is 0 Å². The largest absolute Gasteiger partial charge is 0.364 e. The number of aryl methyl sites for hydroxylation is 1. The van der Waals surface area contributed by atoms with E-state index in [2.05, 4.69) is 20.3 Å². The van der Waals surface area contributed by atoms with Crippen LogP contribution in [0.15, 0.2) is 24.8 Å². The summed E-state index contributed by atoms with van der Waals surface area (Å²) in [5.74, 6) is 0.305. The molecule has 18 heavy (non-hydrogen) atoms. The zero-order valence-corrected chi connectivity index (χ0v) is 9.88. The van der Waals surface area contributed by atoms with E-state index in [-0.39, 0.29) is 5.69 Å². The van der Waals surface area contributed by atoms with Gasteiger partial charge in [0.2, 0.25) is 5.82 Å². The van der Waals surface area contributed by atoms with Crippen LogP contribution in [0.2, 0.25) is 0 Å². The molecule has 0 amide bonds. The van der Waals surface area contributed by atoms with Gasteiger partial charge in [0.1, 0.15) is 0 Å². The summed E-state index contributed by atoms with van der Waals surface area (Å²) in [5, 5.41) is 13.9. The maximum Gasteiger partial charge on any atom is 0.314 e. The molecule has 0 saturated carbocycles. The van der Waals surface area contributed by atoms with Crippen molar-refractivity contribution in [2.45, 2.75) is 13.3 Å². The van der Waals surface area contributed by atoms with Gasteiger partial charge in [-0.05, 0) is 13.0 Å². The van der Waals surface area contributed by atoms with Gasteiger partial charge in [-0.1, -0.05) is 0 Å². The summed E-state index contributed by atoms with van der Waals surface area (Å²) < 4.78 is 0. The van der Waals surface area contributed by atoms with Gasteiger partial charge in [-0.25, -0.2) is 9.97 Å². The predicted octanol–water partition coefficient (Wildman–Crippen LogP) is 1.68. The summed E-state index contributed by atoms with van der Waals surface area (Å²) in [6.07, 6.45) is 5.58. The van der Waals surface area contributed by atoms with Crippen LogP contribution in [-0.4, -0.2) is 26.4 Å². The van der Waals surface area contributed by atoms with Crippen molar-refractivity contribution in [2.75, 3.05) is 11.9 Å². The summed E-state index contributed by atoms with van der Waals surface area (Å²) >= 11 is 0. The number of rotatable bonds is 5. The average molecular weight is 247 g/mol. The fraction of sp³-hybridized carbons (Fsp3) is 0.273. The molecule has 0 unspecified atom stereocenters. The van der Waals surface area contributed by atoms with E-state index in [4.69, 9.17) is 0 Å². The maximum absolute atomic E-state index is 10.9. The number of aromatic nitrogens is 3. The lowest BCUT2D eigenvalue weighted by Crippen LogP contribution is -2.09. The third kappa shape index (κ3) is 2.62. The Morgan fingerprint density at radius 1 is 1.56 bits per heavy atom. The first kappa shape index (κ1) is 12.0. The summed E-state index contributed by atoms with van der Waals surface area (Å²) in [7, 11) is 0. The molecule has 0 aliphatic heterocycles. The monoisotopic (exact) mass is 247 g/mol. The number of nitrogens with one attached hydrogen (secondary N) is 2. The molecule has 0 spiro atoms. The number of anilines is 1. The Kier molecular flexibility index (Phi) is 3.52. The minimum atomic E-state index is -0.416. The Morgan fingerprint density at radius 3 is 3.06 bits per heavy atom. The molecule has 2 aromatic heterocycles. The molecular weight excluding hydrogens is 234 g/mol. The summed E-state index contributed by atoms with van der Waals surface area (Å²) in [4.78, 5) is 21.4. The van der Waals surface area contributed by atoms with Gasteiger partial charge in [-0.2, -0.15) is 0 Å². The average Bonchev–Trinajstić information content (AvgIpc) is 2.81. The molecule has 0 bridgehead atoms. The minimum Gasteiger partial charge on any atom is -0.364 e. The van der Waals surface area contributed by atoms with Crippen molar-refractivity contribution < 1.29 is 4.92 Å². The molecule has 0 aliphatic rings. The Hall–Kier alpha value is -2.44. The number of H-pyrrole nitrogens is 1. The lowest BCUT2D eigenvalue weighted by molar-refractivity contribution is -0.384. The molecule has 2 aromatic rings. The lowest BCUT2D eigenvalue weighted by Gasteiger charge is -2.06. The van der Waals surface area contributed by atoms with Crippen molar-refractivity contribution in [1.29, 1.82) is 0 Å². The van der Waals surface area contributed by atoms with Gasteiger partial charge in [0, 0.05) is 36.6 Å².